The third kappa shape index (κ3) is 3.44. The Bertz CT molecular complexity index is 700. The molecule has 5 nitrogen and oxygen atoms in total. The van der Waals surface area contributed by atoms with Crippen LogP contribution in [-0.4, -0.2) is 13.4 Å². The van der Waals surface area contributed by atoms with Crippen molar-refractivity contribution in [3.8, 4) is 0 Å². The Labute approximate surface area is 130 Å². The predicted octanol–water partition coefficient (Wildman–Crippen LogP) is 2.15. The van der Waals surface area contributed by atoms with Gasteiger partial charge in [-0.15, -0.1) is 11.3 Å². The van der Waals surface area contributed by atoms with Crippen LogP contribution in [0.2, 0.25) is 0 Å². The van der Waals surface area contributed by atoms with Crippen molar-refractivity contribution >= 4 is 37.3 Å². The number of halogens is 1. The molecule has 0 saturated heterocycles. The van der Waals surface area contributed by atoms with Crippen LogP contribution in [-0.2, 0) is 23.1 Å². The molecule has 8 heteroatoms. The van der Waals surface area contributed by atoms with Crippen molar-refractivity contribution in [2.24, 2.45) is 5.73 Å². The van der Waals surface area contributed by atoms with Crippen LogP contribution in [0, 0.1) is 6.92 Å². The van der Waals surface area contributed by atoms with Crippen LogP contribution in [0.3, 0.4) is 0 Å². The number of benzene rings is 1. The van der Waals surface area contributed by atoms with Crippen LogP contribution >= 0.6 is 27.3 Å². The molecule has 0 aliphatic carbocycles. The van der Waals surface area contributed by atoms with E-state index in [0.29, 0.717) is 11.0 Å². The molecule has 20 heavy (non-hydrogen) atoms. The highest BCUT2D eigenvalue weighted by Crippen LogP contribution is 2.27. The van der Waals surface area contributed by atoms with Gasteiger partial charge in [0.2, 0.25) is 10.0 Å². The standard InChI is InChI=1S/C12H14BrN3O2S2/c1-8-2-9(4-14)3-11(12(8)13)20(17,18)16-6-10-5-15-7-19-10/h2-3,5,7,16H,4,6,14H2,1H3. The summed E-state index contributed by atoms with van der Waals surface area (Å²) in [5.74, 6) is 0. The van der Waals surface area contributed by atoms with E-state index in [4.69, 9.17) is 5.73 Å². The summed E-state index contributed by atoms with van der Waals surface area (Å²) in [6, 6.07) is 3.46. The Balaban J connectivity index is 2.31. The maximum absolute atomic E-state index is 12.4. The van der Waals surface area contributed by atoms with Gasteiger partial charge in [-0.3, -0.25) is 4.98 Å². The summed E-state index contributed by atoms with van der Waals surface area (Å²) in [4.78, 5) is 4.98. The molecule has 1 heterocycles. The lowest BCUT2D eigenvalue weighted by Gasteiger charge is -2.11. The fraction of sp³-hybridized carbons (Fsp3) is 0.250. The Morgan fingerprint density at radius 2 is 2.20 bits per heavy atom. The molecule has 0 radical (unpaired) electrons. The molecule has 2 rings (SSSR count). The molecule has 3 N–H and O–H groups in total. The summed E-state index contributed by atoms with van der Waals surface area (Å²) in [6.07, 6.45) is 1.64. The number of nitrogens with zero attached hydrogens (tertiary/aromatic N) is 1. The Hall–Kier alpha value is -0.800. The van der Waals surface area contributed by atoms with Crippen LogP contribution in [0.5, 0.6) is 0 Å². The molecule has 0 aliphatic heterocycles. The third-order valence-electron chi connectivity index (χ3n) is 2.73. The summed E-state index contributed by atoms with van der Waals surface area (Å²) in [7, 11) is -3.60. The first kappa shape index (κ1) is 15.6. The molecule has 0 fully saturated rings. The number of nitrogens with two attached hydrogens (primary N) is 1. The van der Waals surface area contributed by atoms with Gasteiger partial charge in [-0.25, -0.2) is 13.1 Å². The summed E-state index contributed by atoms with van der Waals surface area (Å²) in [5, 5.41) is 0. The van der Waals surface area contributed by atoms with Crippen molar-refractivity contribution in [1.29, 1.82) is 0 Å². The first-order chi connectivity index (χ1) is 9.44. The van der Waals surface area contributed by atoms with Gasteiger partial charge in [-0.05, 0) is 40.0 Å². The first-order valence-electron chi connectivity index (χ1n) is 5.80. The van der Waals surface area contributed by atoms with Gasteiger partial charge < -0.3 is 5.73 Å². The minimum Gasteiger partial charge on any atom is -0.326 e. The maximum Gasteiger partial charge on any atom is 0.242 e. The number of sulfonamides is 1. The average Bonchev–Trinajstić information content (AvgIpc) is 2.92. The number of hydrogen-bond donors (Lipinski definition) is 2. The van der Waals surface area contributed by atoms with Crippen molar-refractivity contribution in [2.75, 3.05) is 0 Å². The highest BCUT2D eigenvalue weighted by molar-refractivity contribution is 9.10. The zero-order valence-electron chi connectivity index (χ0n) is 10.8. The van der Waals surface area contributed by atoms with E-state index in [1.807, 2.05) is 13.0 Å². The Kier molecular flexibility index (Phi) is 4.92. The van der Waals surface area contributed by atoms with E-state index < -0.39 is 10.0 Å². The number of nitrogens with one attached hydrogen (secondary N) is 1. The topological polar surface area (TPSA) is 85.1 Å². The zero-order valence-corrected chi connectivity index (χ0v) is 14.0. The largest absolute Gasteiger partial charge is 0.326 e. The van der Waals surface area contributed by atoms with Gasteiger partial charge in [-0.2, -0.15) is 0 Å². The number of thiazole rings is 1. The fourth-order valence-electron chi connectivity index (χ4n) is 1.70. The van der Waals surface area contributed by atoms with Crippen LogP contribution in [0.4, 0.5) is 0 Å². The molecule has 0 unspecified atom stereocenters. The van der Waals surface area contributed by atoms with E-state index in [0.717, 1.165) is 16.0 Å². The molecule has 108 valence electrons. The second-order valence-electron chi connectivity index (χ2n) is 4.22. The van der Waals surface area contributed by atoms with E-state index in [9.17, 15) is 8.42 Å². The highest BCUT2D eigenvalue weighted by Gasteiger charge is 2.19. The van der Waals surface area contributed by atoms with E-state index in [2.05, 4.69) is 25.6 Å². The van der Waals surface area contributed by atoms with Crippen LogP contribution in [0.25, 0.3) is 0 Å². The van der Waals surface area contributed by atoms with Crippen LogP contribution < -0.4 is 10.5 Å². The third-order valence-corrected chi connectivity index (χ3v) is 6.25. The molecule has 2 aromatic rings. The van der Waals surface area contributed by atoms with E-state index in [1.165, 1.54) is 11.3 Å². The number of aromatic nitrogens is 1. The number of aryl methyl sites for hydroxylation is 1. The lowest BCUT2D eigenvalue weighted by atomic mass is 10.1. The normalized spacial score (nSPS) is 11.8. The number of hydrogen-bond acceptors (Lipinski definition) is 5. The average molecular weight is 376 g/mol. The molecular weight excluding hydrogens is 362 g/mol. The van der Waals surface area contributed by atoms with E-state index >= 15 is 0 Å². The molecule has 1 aromatic carbocycles. The van der Waals surface area contributed by atoms with Crippen molar-refractivity contribution in [3.63, 3.8) is 0 Å². The van der Waals surface area contributed by atoms with Crippen molar-refractivity contribution in [3.05, 3.63) is 44.3 Å². The maximum atomic E-state index is 12.4. The lowest BCUT2D eigenvalue weighted by molar-refractivity contribution is 0.581. The molecule has 0 amide bonds. The SMILES string of the molecule is Cc1cc(CN)cc(S(=O)(=O)NCc2cncs2)c1Br. The molecular formula is C12H14BrN3O2S2. The van der Waals surface area contributed by atoms with E-state index in [-0.39, 0.29) is 11.4 Å². The van der Waals surface area contributed by atoms with Gasteiger partial charge in [0.25, 0.3) is 0 Å². The van der Waals surface area contributed by atoms with Crippen molar-refractivity contribution < 1.29 is 8.42 Å². The molecule has 0 atom stereocenters. The van der Waals surface area contributed by atoms with Crippen LogP contribution in [0.1, 0.15) is 16.0 Å². The van der Waals surface area contributed by atoms with Gasteiger partial charge in [0.15, 0.2) is 0 Å². The van der Waals surface area contributed by atoms with E-state index in [1.54, 1.807) is 17.8 Å². The number of rotatable bonds is 5. The van der Waals surface area contributed by atoms with Crippen LogP contribution in [0.15, 0.2) is 33.2 Å². The summed E-state index contributed by atoms with van der Waals surface area (Å²) in [5.41, 5.74) is 8.88. The highest BCUT2D eigenvalue weighted by atomic mass is 79.9. The zero-order chi connectivity index (χ0) is 14.8. The smallest absolute Gasteiger partial charge is 0.242 e. The van der Waals surface area contributed by atoms with Gasteiger partial charge >= 0.3 is 0 Å². The molecule has 0 aliphatic rings. The Morgan fingerprint density at radius 3 is 2.80 bits per heavy atom. The molecule has 0 bridgehead atoms. The monoisotopic (exact) mass is 375 g/mol. The second-order valence-corrected chi connectivity index (χ2v) is 7.72. The van der Waals surface area contributed by atoms with Crippen molar-refractivity contribution in [1.82, 2.24) is 9.71 Å². The van der Waals surface area contributed by atoms with Gasteiger partial charge in [0, 0.05) is 28.6 Å². The molecule has 0 saturated carbocycles. The molecule has 0 spiro atoms. The quantitative estimate of drug-likeness (QED) is 0.838. The summed E-state index contributed by atoms with van der Waals surface area (Å²) >= 11 is 4.73. The second kappa shape index (κ2) is 6.31. The van der Waals surface area contributed by atoms with Crippen molar-refractivity contribution in [2.45, 2.75) is 24.9 Å². The summed E-state index contributed by atoms with van der Waals surface area (Å²) < 4.78 is 27.9. The predicted molar refractivity (Wildman–Crippen MR) is 82.9 cm³/mol. The lowest BCUT2D eigenvalue weighted by Crippen LogP contribution is -2.23. The van der Waals surface area contributed by atoms with Gasteiger partial charge in [-0.1, -0.05) is 6.07 Å². The first-order valence-corrected chi connectivity index (χ1v) is 8.95. The molecule has 1 aromatic heterocycles. The van der Waals surface area contributed by atoms with Gasteiger partial charge in [0.05, 0.1) is 10.4 Å². The fourth-order valence-corrected chi connectivity index (χ4v) is 4.39. The minimum absolute atomic E-state index is 0.211. The summed E-state index contributed by atoms with van der Waals surface area (Å²) in [6.45, 7) is 2.36. The Morgan fingerprint density at radius 1 is 1.45 bits per heavy atom. The van der Waals surface area contributed by atoms with Gasteiger partial charge in [0.1, 0.15) is 0 Å². The minimum atomic E-state index is -3.60.